The molecule has 0 spiro atoms. The van der Waals surface area contributed by atoms with Crippen molar-refractivity contribution in [3.63, 3.8) is 0 Å². The van der Waals surface area contributed by atoms with E-state index in [0.29, 0.717) is 28.3 Å². The molecule has 1 amide bonds. The quantitative estimate of drug-likeness (QED) is 0.694. The highest BCUT2D eigenvalue weighted by atomic mass is 16.5. The van der Waals surface area contributed by atoms with Crippen molar-refractivity contribution < 1.29 is 14.3 Å². The maximum absolute atomic E-state index is 11.9. The molecule has 0 unspecified atom stereocenters. The lowest BCUT2D eigenvalue weighted by atomic mass is 10.1. The largest absolute Gasteiger partial charge is 0.486 e. The van der Waals surface area contributed by atoms with Crippen molar-refractivity contribution in [1.82, 2.24) is 15.0 Å². The molecule has 0 saturated carbocycles. The molecule has 0 saturated heterocycles. The number of nitrogens with two attached hydrogens (primary N) is 1. The maximum Gasteiger partial charge on any atom is 0.251 e. The summed E-state index contributed by atoms with van der Waals surface area (Å²) < 4.78 is 5.35. The third kappa shape index (κ3) is 3.44. The number of pyridine rings is 1. The summed E-state index contributed by atoms with van der Waals surface area (Å²) in [6.07, 6.45) is 1.35. The molecule has 0 aliphatic carbocycles. The minimum Gasteiger partial charge on any atom is -0.486 e. The molecular formula is C18H17N5O3. The fourth-order valence-electron chi connectivity index (χ4n) is 2.47. The van der Waals surface area contributed by atoms with Gasteiger partial charge in [-0.2, -0.15) is 0 Å². The van der Waals surface area contributed by atoms with Gasteiger partial charge in [0, 0.05) is 12.6 Å². The van der Waals surface area contributed by atoms with Gasteiger partial charge >= 0.3 is 0 Å². The van der Waals surface area contributed by atoms with Crippen LogP contribution >= 0.6 is 0 Å². The number of aromatic nitrogens is 3. The molecule has 3 N–H and O–H groups in total. The Labute approximate surface area is 149 Å². The van der Waals surface area contributed by atoms with Crippen LogP contribution in [0.2, 0.25) is 0 Å². The van der Waals surface area contributed by atoms with Crippen LogP contribution in [0.4, 0.5) is 5.82 Å². The van der Waals surface area contributed by atoms with Gasteiger partial charge in [0.25, 0.3) is 5.91 Å². The van der Waals surface area contributed by atoms with Gasteiger partial charge in [0.2, 0.25) is 0 Å². The molecule has 2 heterocycles. The second-order valence-electron chi connectivity index (χ2n) is 5.60. The Morgan fingerprint density at radius 3 is 2.50 bits per heavy atom. The number of nitrogens with one attached hydrogen (secondary N) is 1. The number of amides is 1. The number of ether oxygens (including phenoxy) is 1. The lowest BCUT2D eigenvalue weighted by Gasteiger charge is -2.10. The highest BCUT2D eigenvalue weighted by Gasteiger charge is 2.15. The highest BCUT2D eigenvalue weighted by molar-refractivity contribution is 6.06. The normalized spacial score (nSPS) is 10.5. The zero-order chi connectivity index (χ0) is 18.7. The average Bonchev–Trinajstić information content (AvgIpc) is 2.65. The van der Waals surface area contributed by atoms with E-state index in [1.807, 2.05) is 0 Å². The Kier molecular flexibility index (Phi) is 4.74. The number of anilines is 1. The summed E-state index contributed by atoms with van der Waals surface area (Å²) >= 11 is 0. The summed E-state index contributed by atoms with van der Waals surface area (Å²) in [5.74, 6) is 0.414. The van der Waals surface area contributed by atoms with Crippen molar-refractivity contribution in [3.05, 3.63) is 42.2 Å². The van der Waals surface area contributed by atoms with E-state index >= 15 is 0 Å². The Morgan fingerprint density at radius 1 is 1.15 bits per heavy atom. The molecule has 0 aliphatic heterocycles. The Balaban J connectivity index is 2.07. The zero-order valence-corrected chi connectivity index (χ0v) is 14.3. The van der Waals surface area contributed by atoms with Crippen LogP contribution in [-0.2, 0) is 4.79 Å². The summed E-state index contributed by atoms with van der Waals surface area (Å²) in [6, 6.07) is 8.64. The van der Waals surface area contributed by atoms with Crippen molar-refractivity contribution in [1.29, 1.82) is 0 Å². The van der Waals surface area contributed by atoms with Crippen LogP contribution in [0.1, 0.15) is 17.3 Å². The molecular weight excluding hydrogens is 334 g/mol. The van der Waals surface area contributed by atoms with Crippen molar-refractivity contribution >= 4 is 28.5 Å². The fraction of sp³-hybridized carbons (Fsp3) is 0.167. The summed E-state index contributed by atoms with van der Waals surface area (Å²) in [5, 5.41) is 2.93. The Morgan fingerprint density at radius 2 is 1.88 bits per heavy atom. The molecule has 0 radical (unpaired) electrons. The molecule has 0 bridgehead atoms. The van der Waals surface area contributed by atoms with Gasteiger partial charge in [-0.15, -0.1) is 0 Å². The predicted molar refractivity (Wildman–Crippen MR) is 97.0 cm³/mol. The van der Waals surface area contributed by atoms with Gasteiger partial charge in [-0.3, -0.25) is 9.59 Å². The lowest BCUT2D eigenvalue weighted by Crippen LogP contribution is -2.13. The first-order valence-electron chi connectivity index (χ1n) is 7.85. The number of primary amides is 1. The number of rotatable bonds is 6. The minimum atomic E-state index is -0.596. The predicted octanol–water partition coefficient (Wildman–Crippen LogP) is 1.80. The van der Waals surface area contributed by atoms with Crippen LogP contribution in [0.25, 0.3) is 22.3 Å². The highest BCUT2D eigenvalue weighted by Crippen LogP contribution is 2.27. The summed E-state index contributed by atoms with van der Waals surface area (Å²) in [6.45, 7) is 1.47. The number of hydrogen-bond acceptors (Lipinski definition) is 7. The molecule has 132 valence electrons. The van der Waals surface area contributed by atoms with E-state index in [1.54, 1.807) is 37.4 Å². The fourth-order valence-corrected chi connectivity index (χ4v) is 2.47. The van der Waals surface area contributed by atoms with Crippen LogP contribution < -0.4 is 15.8 Å². The Hall–Kier alpha value is -3.55. The number of fused-ring (bicyclic) bond motifs is 1. The number of ketones is 1. The van der Waals surface area contributed by atoms with E-state index in [4.69, 9.17) is 10.5 Å². The molecule has 0 aliphatic rings. The number of nitrogens with zero attached hydrogens (tertiary/aromatic N) is 3. The van der Waals surface area contributed by atoms with E-state index in [9.17, 15) is 9.59 Å². The zero-order valence-electron chi connectivity index (χ0n) is 14.3. The van der Waals surface area contributed by atoms with E-state index in [1.165, 1.54) is 13.3 Å². The van der Waals surface area contributed by atoms with E-state index < -0.39 is 5.91 Å². The summed E-state index contributed by atoms with van der Waals surface area (Å²) in [4.78, 5) is 35.7. The molecule has 3 rings (SSSR count). The molecule has 26 heavy (non-hydrogen) atoms. The molecule has 8 heteroatoms. The first-order chi connectivity index (χ1) is 12.5. The van der Waals surface area contributed by atoms with Crippen molar-refractivity contribution in [2.75, 3.05) is 19.0 Å². The minimum absolute atomic E-state index is 0.0161. The molecule has 1 aromatic carbocycles. The first-order valence-corrected chi connectivity index (χ1v) is 7.85. The van der Waals surface area contributed by atoms with E-state index in [-0.39, 0.29) is 18.0 Å². The monoisotopic (exact) mass is 351 g/mol. The Bertz CT molecular complexity index is 986. The topological polar surface area (TPSA) is 120 Å². The summed E-state index contributed by atoms with van der Waals surface area (Å²) in [5.41, 5.74) is 7.93. The van der Waals surface area contributed by atoms with Crippen LogP contribution in [-0.4, -0.2) is 40.3 Å². The standard InChI is InChI=1S/C18H17N5O3/c1-10(24)8-26-12-5-3-11(4-6-12)14-7-13(17(19)25)15-16(23-14)18(20-2)22-9-21-15/h3-7,9H,8H2,1-2H3,(H2,19,25)(H,20,21,22). The van der Waals surface area contributed by atoms with Gasteiger partial charge in [-0.05, 0) is 37.3 Å². The van der Waals surface area contributed by atoms with Gasteiger partial charge in [0.05, 0.1) is 11.3 Å². The van der Waals surface area contributed by atoms with E-state index in [0.717, 1.165) is 5.56 Å². The van der Waals surface area contributed by atoms with Gasteiger partial charge in [-0.1, -0.05) is 0 Å². The van der Waals surface area contributed by atoms with Crippen LogP contribution in [0, 0.1) is 0 Å². The van der Waals surface area contributed by atoms with E-state index in [2.05, 4.69) is 20.3 Å². The van der Waals surface area contributed by atoms with Crippen LogP contribution in [0.15, 0.2) is 36.7 Å². The van der Waals surface area contributed by atoms with Crippen molar-refractivity contribution in [2.45, 2.75) is 6.92 Å². The first kappa shape index (κ1) is 17.3. The molecule has 8 nitrogen and oxygen atoms in total. The third-order valence-corrected chi connectivity index (χ3v) is 3.69. The second kappa shape index (κ2) is 7.14. The smallest absolute Gasteiger partial charge is 0.251 e. The summed E-state index contributed by atoms with van der Waals surface area (Å²) in [7, 11) is 1.71. The van der Waals surface area contributed by atoms with Gasteiger partial charge in [0.1, 0.15) is 29.7 Å². The lowest BCUT2D eigenvalue weighted by molar-refractivity contribution is -0.118. The van der Waals surface area contributed by atoms with Crippen molar-refractivity contribution in [3.8, 4) is 17.0 Å². The third-order valence-electron chi connectivity index (χ3n) is 3.69. The molecule has 3 aromatic rings. The van der Waals surface area contributed by atoms with Gasteiger partial charge in [0.15, 0.2) is 11.6 Å². The van der Waals surface area contributed by atoms with Crippen LogP contribution in [0.3, 0.4) is 0 Å². The maximum atomic E-state index is 11.9. The molecule has 0 atom stereocenters. The SMILES string of the molecule is CNc1ncnc2c(C(N)=O)cc(-c3ccc(OCC(C)=O)cc3)nc12. The molecule has 2 aromatic heterocycles. The number of Topliss-reactive ketones (excluding diaryl/α,β-unsaturated/α-hetero) is 1. The second-order valence-corrected chi connectivity index (χ2v) is 5.60. The number of hydrogen-bond donors (Lipinski definition) is 2. The number of benzene rings is 1. The van der Waals surface area contributed by atoms with Crippen LogP contribution in [0.5, 0.6) is 5.75 Å². The molecule has 0 fully saturated rings. The van der Waals surface area contributed by atoms with Gasteiger partial charge < -0.3 is 15.8 Å². The van der Waals surface area contributed by atoms with Gasteiger partial charge in [-0.25, -0.2) is 15.0 Å². The number of carbonyl (C=O) groups excluding carboxylic acids is 2. The average molecular weight is 351 g/mol. The number of carbonyl (C=O) groups is 2. The van der Waals surface area contributed by atoms with Crippen molar-refractivity contribution in [2.24, 2.45) is 5.73 Å².